The highest BCUT2D eigenvalue weighted by Crippen LogP contribution is 2.57. The van der Waals surface area contributed by atoms with Gasteiger partial charge in [0.2, 0.25) is 0 Å². The maximum Gasteiger partial charge on any atom is 0.386 e. The highest BCUT2D eigenvalue weighted by molar-refractivity contribution is 8.44. The van der Waals surface area contributed by atoms with Crippen LogP contribution in [0.15, 0.2) is 25.3 Å². The van der Waals surface area contributed by atoms with E-state index in [0.717, 1.165) is 12.7 Å². The molecule has 0 saturated carbocycles. The minimum Gasteiger partial charge on any atom is -0.382 e. The van der Waals surface area contributed by atoms with Crippen LogP contribution in [-0.2, 0) is 37.6 Å². The van der Waals surface area contributed by atoms with Crippen LogP contribution in [0.5, 0.6) is 0 Å². The fourth-order valence-electron chi connectivity index (χ4n) is 5.19. The van der Waals surface area contributed by atoms with Crippen molar-refractivity contribution in [2.75, 3.05) is 24.6 Å². The van der Waals surface area contributed by atoms with Gasteiger partial charge in [-0.25, -0.2) is 47.4 Å². The molecule has 4 aromatic rings. The molecular weight excluding hydrogens is 655 g/mol. The first kappa shape index (κ1) is 29.6. The second-order valence-corrected chi connectivity index (χ2v) is 14.1. The average molecular weight is 678 g/mol. The molecule has 24 heteroatoms. The van der Waals surface area contributed by atoms with Crippen molar-refractivity contribution in [3.05, 3.63) is 25.3 Å². The molecule has 7 heterocycles. The van der Waals surface area contributed by atoms with E-state index in [1.54, 1.807) is 0 Å². The summed E-state index contributed by atoms with van der Waals surface area (Å²) in [6.45, 7) is -5.92. The number of hydrogen-bond acceptors (Lipinski definition) is 16. The lowest BCUT2D eigenvalue weighted by atomic mass is 10.1. The Morgan fingerprint density at radius 1 is 0.886 bits per heavy atom. The van der Waals surface area contributed by atoms with Gasteiger partial charge in [0, 0.05) is 6.54 Å². The molecule has 7 rings (SSSR count). The number of rotatable bonds is 2. The lowest BCUT2D eigenvalue weighted by molar-refractivity contribution is -0.0474. The molecule has 0 radical (unpaired) electrons. The van der Waals surface area contributed by atoms with Gasteiger partial charge in [-0.2, -0.15) is 13.1 Å². The predicted octanol–water partition coefficient (Wildman–Crippen LogP) is -0.0255. The molecule has 4 aromatic heterocycles. The van der Waals surface area contributed by atoms with Crippen LogP contribution in [-0.4, -0.2) is 97.4 Å². The van der Waals surface area contributed by atoms with Crippen LogP contribution < -0.4 is 16.2 Å². The van der Waals surface area contributed by atoms with Crippen molar-refractivity contribution in [3.8, 4) is 0 Å². The highest BCUT2D eigenvalue weighted by Gasteiger charge is 2.53. The Hall–Kier alpha value is -3.15. The van der Waals surface area contributed by atoms with Gasteiger partial charge in [-0.05, 0) is 0 Å². The topological polar surface area (TPSA) is 249 Å². The summed E-state index contributed by atoms with van der Waals surface area (Å²) in [6.07, 6.45) is -8.98. The summed E-state index contributed by atoms with van der Waals surface area (Å²) in [5, 5.41) is 0. The third-order valence-electron chi connectivity index (χ3n) is 7.21. The number of ether oxygens (including phenoxy) is 2. The van der Waals surface area contributed by atoms with E-state index in [2.05, 4.69) is 46.9 Å². The molecule has 3 fully saturated rings. The van der Waals surface area contributed by atoms with E-state index in [1.807, 2.05) is 0 Å². The van der Waals surface area contributed by atoms with Crippen LogP contribution in [0.4, 0.5) is 20.4 Å². The summed E-state index contributed by atoms with van der Waals surface area (Å²) in [7, 11) is -4.77. The molecule has 9 atom stereocenters. The zero-order chi connectivity index (χ0) is 31.0. The minimum absolute atomic E-state index is 0.0187. The zero-order valence-corrected chi connectivity index (χ0v) is 24.5. The Labute approximate surface area is 250 Å². The van der Waals surface area contributed by atoms with Gasteiger partial charge in [0.05, 0.1) is 19.3 Å². The van der Waals surface area contributed by atoms with Crippen LogP contribution in [0, 0.1) is 0 Å². The maximum absolute atomic E-state index is 15.9. The largest absolute Gasteiger partial charge is 0.386 e. The summed E-state index contributed by atoms with van der Waals surface area (Å²) >= 11 is 3.98. The number of thiol groups is 1. The van der Waals surface area contributed by atoms with Gasteiger partial charge in [0.1, 0.15) is 48.1 Å². The Morgan fingerprint density at radius 3 is 2.11 bits per heavy atom. The number of hydrogen-bond donors (Lipinski definition) is 4. The number of fused-ring (bicyclic) bond motifs is 5. The first-order valence-electron chi connectivity index (χ1n) is 12.7. The van der Waals surface area contributed by atoms with Gasteiger partial charge in [0.25, 0.3) is 0 Å². The molecule has 0 amide bonds. The van der Waals surface area contributed by atoms with Gasteiger partial charge in [-0.3, -0.25) is 18.2 Å². The molecule has 0 aliphatic carbocycles. The molecule has 3 saturated heterocycles. The Balaban J connectivity index is 1.20. The number of nitrogens with two attached hydrogens (primary N) is 2. The second-order valence-electron chi connectivity index (χ2n) is 9.88. The summed E-state index contributed by atoms with van der Waals surface area (Å²) in [5.74, 6) is 0.0492. The molecule has 0 aromatic carbocycles. The van der Waals surface area contributed by atoms with E-state index in [0.29, 0.717) is 0 Å². The third-order valence-corrected chi connectivity index (χ3v) is 9.82. The van der Waals surface area contributed by atoms with Crippen molar-refractivity contribution in [2.45, 2.75) is 49.2 Å². The molecule has 3 aliphatic rings. The summed E-state index contributed by atoms with van der Waals surface area (Å²) in [4.78, 5) is 24.0. The van der Waals surface area contributed by atoms with E-state index in [4.69, 9.17) is 34.2 Å². The van der Waals surface area contributed by atoms with E-state index in [-0.39, 0.29) is 34.0 Å². The molecule has 0 spiro atoms. The van der Waals surface area contributed by atoms with Crippen LogP contribution in [0.3, 0.4) is 0 Å². The van der Waals surface area contributed by atoms with Crippen molar-refractivity contribution in [2.24, 2.45) is 0 Å². The van der Waals surface area contributed by atoms with Crippen molar-refractivity contribution in [3.63, 3.8) is 0 Å². The quantitative estimate of drug-likeness (QED) is 0.161. The summed E-state index contributed by atoms with van der Waals surface area (Å²) in [6, 6.07) is 0. The van der Waals surface area contributed by atoms with Gasteiger partial charge < -0.3 is 20.9 Å². The molecule has 236 valence electrons. The van der Waals surface area contributed by atoms with Gasteiger partial charge >= 0.3 is 17.1 Å². The van der Waals surface area contributed by atoms with Crippen molar-refractivity contribution in [1.29, 1.82) is 0 Å². The molecule has 19 nitrogen and oxygen atoms in total. The van der Waals surface area contributed by atoms with Crippen LogP contribution in [0.1, 0.15) is 12.5 Å². The number of halogens is 2. The number of imidazole rings is 2. The van der Waals surface area contributed by atoms with Crippen molar-refractivity contribution >= 4 is 63.3 Å². The fraction of sp³-hybridized carbons (Fsp3) is 0.500. The Kier molecular flexibility index (Phi) is 7.21. The van der Waals surface area contributed by atoms with E-state index >= 15 is 8.78 Å². The number of alkyl halides is 2. The highest BCUT2D eigenvalue weighted by atomic mass is 32.7. The van der Waals surface area contributed by atoms with E-state index < -0.39 is 79.5 Å². The predicted molar refractivity (Wildman–Crippen MR) is 146 cm³/mol. The summed E-state index contributed by atoms with van der Waals surface area (Å²) < 4.78 is 103. The molecule has 5 N–H and O–H groups in total. The molecular formula is C20H22F2N11O8PS2. The maximum atomic E-state index is 15.9. The van der Waals surface area contributed by atoms with E-state index in [9.17, 15) is 13.0 Å². The standard InChI is InChI=1S/C20H22F2N11O8PS2/c21-9-7-1-31-44(35,36)41-13-8(39-19(10(13)22)32-5-29-11-15(23)25-3-27-17(11)32)2-37-42(34,43)40-14(9)20(38-7)33-6-30-12-16(24)26-4-28-18(12)33/h3-10,13-14,19-20,31H,1-2H2,(H,34,43)(H2,23,25,27)(H2,24,26,28)/t7-,8-,9-,10-,13-,14-,19-,20-,42+/m1/s1. The SMILES string of the molecule is Nc1ncnc2c1ncn2[C@@H]1O[C@@H]2CO[P@](=O)(S)O[C@@H]3[C@H](F)[C@@H](CNS(=O)(=O)O[C@H]2[C@H]1F)O[C@H]3n1cnc2c(N)ncnc21. The third kappa shape index (κ3) is 5.06. The average Bonchev–Trinajstić information content (AvgIpc) is 3.73. The lowest BCUT2D eigenvalue weighted by Crippen LogP contribution is -2.43. The number of nitrogens with one attached hydrogen (secondary N) is 1. The van der Waals surface area contributed by atoms with Crippen LogP contribution in [0.25, 0.3) is 22.3 Å². The van der Waals surface area contributed by atoms with Gasteiger partial charge in [-0.1, -0.05) is 12.2 Å². The number of nitrogen functional groups attached to an aromatic ring is 2. The molecule has 3 aliphatic heterocycles. The number of nitrogens with zero attached hydrogens (tertiary/aromatic N) is 8. The number of aromatic nitrogens is 8. The molecule has 44 heavy (non-hydrogen) atoms. The number of anilines is 2. The summed E-state index contributed by atoms with van der Waals surface area (Å²) in [5.41, 5.74) is 12.2. The van der Waals surface area contributed by atoms with Crippen LogP contribution in [0.2, 0.25) is 0 Å². The lowest BCUT2D eigenvalue weighted by Gasteiger charge is -2.25. The molecule has 2 bridgehead atoms. The van der Waals surface area contributed by atoms with Gasteiger partial charge in [0.15, 0.2) is 47.7 Å². The first-order valence-corrected chi connectivity index (χ1v) is 16.8. The van der Waals surface area contributed by atoms with Crippen LogP contribution >= 0.6 is 19.0 Å². The first-order chi connectivity index (χ1) is 20.9. The van der Waals surface area contributed by atoms with Crippen molar-refractivity contribution < 1.29 is 44.5 Å². The normalized spacial score (nSPS) is 36.1. The van der Waals surface area contributed by atoms with Gasteiger partial charge in [-0.15, -0.1) is 0 Å². The van der Waals surface area contributed by atoms with Crippen molar-refractivity contribution in [1.82, 2.24) is 43.8 Å². The van der Waals surface area contributed by atoms with E-state index in [1.165, 1.54) is 21.8 Å². The molecule has 0 unspecified atom stereocenters. The zero-order valence-electron chi connectivity index (χ0n) is 21.9. The fourth-order valence-corrected chi connectivity index (χ4v) is 7.60. The Morgan fingerprint density at radius 2 is 1.48 bits per heavy atom. The smallest absolute Gasteiger partial charge is 0.382 e. The Bertz CT molecular complexity index is 1900. The second kappa shape index (κ2) is 10.7. The minimum atomic E-state index is -4.77. The monoisotopic (exact) mass is 677 g/mol.